The van der Waals surface area contributed by atoms with Crippen LogP contribution < -0.4 is 10.1 Å². The maximum Gasteiger partial charge on any atom is 0.329 e. The van der Waals surface area contributed by atoms with Crippen LogP contribution in [0, 0.1) is 0 Å². The third-order valence-electron chi connectivity index (χ3n) is 2.88. The van der Waals surface area contributed by atoms with Crippen molar-refractivity contribution in [1.82, 2.24) is 9.97 Å². The van der Waals surface area contributed by atoms with Gasteiger partial charge in [-0.2, -0.15) is 4.98 Å². The third kappa shape index (κ3) is 2.12. The van der Waals surface area contributed by atoms with Gasteiger partial charge in [0, 0.05) is 0 Å². The Hall–Kier alpha value is -1.56. The molecule has 1 saturated carbocycles. The Morgan fingerprint density at radius 1 is 1.65 bits per heavy atom. The number of aromatic nitrogens is 2. The molecule has 2 rings (SSSR count). The Labute approximate surface area is 103 Å². The van der Waals surface area contributed by atoms with Crippen molar-refractivity contribution in [1.29, 1.82) is 0 Å². The lowest BCUT2D eigenvalue weighted by Crippen LogP contribution is -2.52. The van der Waals surface area contributed by atoms with Crippen LogP contribution in [0.4, 0.5) is 5.82 Å². The number of halogens is 1. The minimum Gasteiger partial charge on any atom is -0.480 e. The molecule has 6 nitrogen and oxygen atoms in total. The van der Waals surface area contributed by atoms with Crippen LogP contribution in [0.15, 0.2) is 6.20 Å². The molecule has 0 amide bonds. The van der Waals surface area contributed by atoms with Gasteiger partial charge >= 0.3 is 12.0 Å². The molecule has 1 heterocycles. The second-order valence-electron chi connectivity index (χ2n) is 3.92. The first kappa shape index (κ1) is 11.9. The number of carbonyl (C=O) groups is 1. The Balaban J connectivity index is 2.25. The van der Waals surface area contributed by atoms with E-state index in [4.69, 9.17) is 16.3 Å². The van der Waals surface area contributed by atoms with Gasteiger partial charge in [0.25, 0.3) is 0 Å². The molecule has 0 bridgehead atoms. The molecular formula is C10H12ClN3O3. The average Bonchev–Trinajstić information content (AvgIpc) is 2.25. The van der Waals surface area contributed by atoms with E-state index < -0.39 is 11.5 Å². The smallest absolute Gasteiger partial charge is 0.329 e. The molecule has 17 heavy (non-hydrogen) atoms. The highest BCUT2D eigenvalue weighted by Gasteiger charge is 2.45. The van der Waals surface area contributed by atoms with E-state index in [9.17, 15) is 9.90 Å². The molecule has 0 unspecified atom stereocenters. The number of nitrogens with one attached hydrogen (secondary N) is 1. The SMILES string of the molecule is COc1ncc(Cl)c(NC2(C(=O)O)CCC2)n1. The number of ether oxygens (including phenoxy) is 1. The summed E-state index contributed by atoms with van der Waals surface area (Å²) in [6.07, 6.45) is 3.37. The number of rotatable bonds is 4. The van der Waals surface area contributed by atoms with Gasteiger partial charge < -0.3 is 15.2 Å². The van der Waals surface area contributed by atoms with Crippen LogP contribution in [0.2, 0.25) is 5.02 Å². The normalized spacial score (nSPS) is 17.1. The van der Waals surface area contributed by atoms with Crippen LogP contribution in [-0.2, 0) is 4.79 Å². The number of carboxylic acids is 1. The van der Waals surface area contributed by atoms with Crippen LogP contribution in [0.5, 0.6) is 6.01 Å². The van der Waals surface area contributed by atoms with Crippen LogP contribution in [0.1, 0.15) is 19.3 Å². The largest absolute Gasteiger partial charge is 0.480 e. The summed E-state index contributed by atoms with van der Waals surface area (Å²) in [4.78, 5) is 19.0. The highest BCUT2D eigenvalue weighted by atomic mass is 35.5. The van der Waals surface area contributed by atoms with Gasteiger partial charge in [-0.15, -0.1) is 0 Å². The minimum absolute atomic E-state index is 0.150. The molecule has 0 aliphatic heterocycles. The van der Waals surface area contributed by atoms with E-state index in [1.165, 1.54) is 13.3 Å². The van der Waals surface area contributed by atoms with Gasteiger partial charge in [0.15, 0.2) is 5.82 Å². The summed E-state index contributed by atoms with van der Waals surface area (Å²) in [6, 6.07) is 0.150. The van der Waals surface area contributed by atoms with Crippen LogP contribution in [-0.4, -0.2) is 33.7 Å². The van der Waals surface area contributed by atoms with Gasteiger partial charge in [0.2, 0.25) is 0 Å². The third-order valence-corrected chi connectivity index (χ3v) is 3.16. The number of hydrogen-bond donors (Lipinski definition) is 2. The molecule has 0 atom stereocenters. The summed E-state index contributed by atoms with van der Waals surface area (Å²) in [5, 5.41) is 12.3. The van der Waals surface area contributed by atoms with E-state index >= 15 is 0 Å². The Morgan fingerprint density at radius 2 is 2.35 bits per heavy atom. The van der Waals surface area contributed by atoms with Crippen molar-refractivity contribution in [2.24, 2.45) is 0 Å². The van der Waals surface area contributed by atoms with Gasteiger partial charge in [-0.25, -0.2) is 9.78 Å². The predicted octanol–water partition coefficient (Wildman–Crippen LogP) is 1.56. The molecule has 0 radical (unpaired) electrons. The van der Waals surface area contributed by atoms with Crippen molar-refractivity contribution in [2.75, 3.05) is 12.4 Å². The summed E-state index contributed by atoms with van der Waals surface area (Å²) in [6.45, 7) is 0. The summed E-state index contributed by atoms with van der Waals surface area (Å²) in [7, 11) is 1.43. The molecule has 0 saturated heterocycles. The van der Waals surface area contributed by atoms with Gasteiger partial charge in [-0.05, 0) is 19.3 Å². The fraction of sp³-hybridized carbons (Fsp3) is 0.500. The second kappa shape index (κ2) is 4.37. The number of anilines is 1. The van der Waals surface area contributed by atoms with Crippen molar-refractivity contribution in [2.45, 2.75) is 24.8 Å². The molecule has 92 valence electrons. The molecule has 1 aliphatic carbocycles. The van der Waals surface area contributed by atoms with Crippen molar-refractivity contribution in [3.63, 3.8) is 0 Å². The minimum atomic E-state index is -0.955. The van der Waals surface area contributed by atoms with Crippen molar-refractivity contribution < 1.29 is 14.6 Å². The Bertz CT molecular complexity index is 448. The summed E-state index contributed by atoms with van der Waals surface area (Å²) >= 11 is 5.91. The van der Waals surface area contributed by atoms with E-state index in [1.54, 1.807) is 0 Å². The van der Waals surface area contributed by atoms with Gasteiger partial charge in [0.05, 0.1) is 13.3 Å². The average molecular weight is 258 g/mol. The van der Waals surface area contributed by atoms with Crippen LogP contribution >= 0.6 is 11.6 Å². The monoisotopic (exact) mass is 257 g/mol. The van der Waals surface area contributed by atoms with E-state index in [0.717, 1.165) is 6.42 Å². The molecule has 0 spiro atoms. The standard InChI is InChI=1S/C10H12ClN3O3/c1-17-9-12-5-6(11)7(13-9)14-10(8(15)16)3-2-4-10/h5H,2-4H2,1H3,(H,15,16)(H,12,13,14). The number of aliphatic carboxylic acids is 1. The summed E-state index contributed by atoms with van der Waals surface area (Å²) < 4.78 is 4.87. The Morgan fingerprint density at radius 3 is 2.82 bits per heavy atom. The number of nitrogens with zero attached hydrogens (tertiary/aromatic N) is 2. The van der Waals surface area contributed by atoms with E-state index in [2.05, 4.69) is 15.3 Å². The molecule has 0 aromatic carbocycles. The lowest BCUT2D eigenvalue weighted by molar-refractivity contribution is -0.145. The first-order valence-corrected chi connectivity index (χ1v) is 5.53. The summed E-state index contributed by atoms with van der Waals surface area (Å²) in [5.41, 5.74) is -0.955. The zero-order valence-corrected chi connectivity index (χ0v) is 9.99. The number of carboxylic acid groups (broad SMARTS) is 1. The van der Waals surface area contributed by atoms with Gasteiger partial charge in [0.1, 0.15) is 10.6 Å². The molecule has 1 fully saturated rings. The fourth-order valence-corrected chi connectivity index (χ4v) is 1.82. The highest BCUT2D eigenvalue weighted by molar-refractivity contribution is 6.32. The molecule has 7 heteroatoms. The van der Waals surface area contributed by atoms with E-state index in [0.29, 0.717) is 18.7 Å². The Kier molecular flexibility index (Phi) is 3.06. The lowest BCUT2D eigenvalue weighted by atomic mass is 9.77. The molecule has 1 aromatic heterocycles. The summed E-state index contributed by atoms with van der Waals surface area (Å²) in [5.74, 6) is -0.599. The molecular weight excluding hydrogens is 246 g/mol. The second-order valence-corrected chi connectivity index (χ2v) is 4.33. The van der Waals surface area contributed by atoms with Crippen molar-refractivity contribution in [3.8, 4) is 6.01 Å². The van der Waals surface area contributed by atoms with Crippen molar-refractivity contribution >= 4 is 23.4 Å². The molecule has 1 aromatic rings. The van der Waals surface area contributed by atoms with Gasteiger partial charge in [-0.3, -0.25) is 0 Å². The zero-order valence-electron chi connectivity index (χ0n) is 9.23. The van der Waals surface area contributed by atoms with Gasteiger partial charge in [-0.1, -0.05) is 11.6 Å². The predicted molar refractivity (Wildman–Crippen MR) is 61.4 cm³/mol. The molecule has 1 aliphatic rings. The van der Waals surface area contributed by atoms with E-state index in [1.807, 2.05) is 0 Å². The lowest BCUT2D eigenvalue weighted by Gasteiger charge is -2.38. The quantitative estimate of drug-likeness (QED) is 0.852. The first-order chi connectivity index (χ1) is 8.07. The van der Waals surface area contributed by atoms with Crippen molar-refractivity contribution in [3.05, 3.63) is 11.2 Å². The maximum absolute atomic E-state index is 11.2. The van der Waals surface area contributed by atoms with Crippen LogP contribution in [0.3, 0.4) is 0 Å². The molecule has 2 N–H and O–H groups in total. The highest BCUT2D eigenvalue weighted by Crippen LogP contribution is 2.36. The van der Waals surface area contributed by atoms with Crippen LogP contribution in [0.25, 0.3) is 0 Å². The number of hydrogen-bond acceptors (Lipinski definition) is 5. The fourth-order valence-electron chi connectivity index (χ4n) is 1.69. The maximum atomic E-state index is 11.2. The zero-order chi connectivity index (χ0) is 12.5. The van der Waals surface area contributed by atoms with E-state index in [-0.39, 0.29) is 11.0 Å². The topological polar surface area (TPSA) is 84.3 Å². The number of methoxy groups -OCH3 is 1. The first-order valence-electron chi connectivity index (χ1n) is 5.15.